The molecule has 3 atom stereocenters. The second-order valence-electron chi connectivity index (χ2n) is 6.68. The van der Waals surface area contributed by atoms with Crippen LogP contribution in [0.4, 0.5) is 0 Å². The maximum absolute atomic E-state index is 6.13. The normalized spacial score (nSPS) is 37.0. The maximum atomic E-state index is 6.13. The molecule has 3 unspecified atom stereocenters. The fourth-order valence-corrected chi connectivity index (χ4v) is 4.61. The van der Waals surface area contributed by atoms with E-state index in [1.807, 2.05) is 0 Å². The highest BCUT2D eigenvalue weighted by atomic mass is 15.3. The summed E-state index contributed by atoms with van der Waals surface area (Å²) in [5.74, 6) is 0.880. The predicted molar refractivity (Wildman–Crippen MR) is 75.6 cm³/mol. The summed E-state index contributed by atoms with van der Waals surface area (Å²) in [6, 6.07) is 2.19. The molecule has 2 saturated heterocycles. The molecule has 3 aliphatic rings. The Hall–Kier alpha value is -0.120. The monoisotopic (exact) mass is 251 g/mol. The average molecular weight is 251 g/mol. The van der Waals surface area contributed by atoms with Gasteiger partial charge < -0.3 is 5.73 Å². The number of nitrogens with two attached hydrogens (primary N) is 1. The summed E-state index contributed by atoms with van der Waals surface area (Å²) >= 11 is 0. The molecular weight excluding hydrogens is 222 g/mol. The van der Waals surface area contributed by atoms with Crippen LogP contribution in [0.3, 0.4) is 0 Å². The first-order valence-electron chi connectivity index (χ1n) is 7.99. The topological polar surface area (TPSA) is 32.5 Å². The Bertz CT molecular complexity index is 275. The molecule has 0 aromatic carbocycles. The van der Waals surface area contributed by atoms with Crippen LogP contribution >= 0.6 is 0 Å². The van der Waals surface area contributed by atoms with Crippen LogP contribution < -0.4 is 5.73 Å². The Balaban J connectivity index is 1.68. The lowest BCUT2D eigenvalue weighted by molar-refractivity contribution is 0.0119. The van der Waals surface area contributed by atoms with Gasteiger partial charge in [0.2, 0.25) is 0 Å². The fourth-order valence-electron chi connectivity index (χ4n) is 4.61. The van der Waals surface area contributed by atoms with Gasteiger partial charge in [-0.1, -0.05) is 12.8 Å². The van der Waals surface area contributed by atoms with Crippen molar-refractivity contribution in [3.63, 3.8) is 0 Å². The Morgan fingerprint density at radius 2 is 1.89 bits per heavy atom. The second-order valence-corrected chi connectivity index (χ2v) is 6.68. The molecule has 0 radical (unpaired) electrons. The third-order valence-electron chi connectivity index (χ3n) is 5.60. The van der Waals surface area contributed by atoms with Crippen LogP contribution in [0.5, 0.6) is 0 Å². The molecule has 3 rings (SSSR count). The average Bonchev–Trinajstić information content (AvgIpc) is 3.01. The second kappa shape index (κ2) is 5.48. The van der Waals surface area contributed by atoms with Gasteiger partial charge in [0.15, 0.2) is 0 Å². The van der Waals surface area contributed by atoms with E-state index in [0.29, 0.717) is 12.1 Å². The first-order chi connectivity index (χ1) is 8.79. The van der Waals surface area contributed by atoms with Crippen molar-refractivity contribution in [1.29, 1.82) is 0 Å². The highest BCUT2D eigenvalue weighted by Crippen LogP contribution is 2.33. The Labute approximate surface area is 112 Å². The van der Waals surface area contributed by atoms with Crippen LogP contribution in [-0.4, -0.2) is 54.1 Å². The van der Waals surface area contributed by atoms with Crippen molar-refractivity contribution >= 4 is 0 Å². The van der Waals surface area contributed by atoms with Crippen molar-refractivity contribution in [2.24, 2.45) is 11.7 Å². The largest absolute Gasteiger partial charge is 0.329 e. The van der Waals surface area contributed by atoms with E-state index in [9.17, 15) is 0 Å². The number of nitrogens with zero attached hydrogens (tertiary/aromatic N) is 2. The van der Waals surface area contributed by atoms with Crippen molar-refractivity contribution < 1.29 is 0 Å². The molecule has 1 saturated carbocycles. The van der Waals surface area contributed by atoms with Gasteiger partial charge in [0.1, 0.15) is 0 Å². The van der Waals surface area contributed by atoms with Crippen molar-refractivity contribution in [3.05, 3.63) is 0 Å². The molecule has 0 aromatic rings. The smallest absolute Gasteiger partial charge is 0.0250 e. The van der Waals surface area contributed by atoms with Gasteiger partial charge in [0, 0.05) is 37.8 Å². The summed E-state index contributed by atoms with van der Waals surface area (Å²) in [6.07, 6.45) is 8.50. The first kappa shape index (κ1) is 12.9. The van der Waals surface area contributed by atoms with Crippen LogP contribution in [0.1, 0.15) is 45.4 Å². The lowest BCUT2D eigenvalue weighted by atomic mass is 9.93. The zero-order valence-corrected chi connectivity index (χ0v) is 11.9. The van der Waals surface area contributed by atoms with Gasteiger partial charge in [-0.2, -0.15) is 0 Å². The van der Waals surface area contributed by atoms with Crippen molar-refractivity contribution in [2.75, 3.05) is 26.2 Å². The van der Waals surface area contributed by atoms with E-state index in [1.165, 1.54) is 58.2 Å². The minimum absolute atomic E-state index is 0.658. The number of hydrogen-bond acceptors (Lipinski definition) is 3. The van der Waals surface area contributed by atoms with E-state index in [0.717, 1.165) is 18.5 Å². The zero-order valence-electron chi connectivity index (χ0n) is 11.9. The van der Waals surface area contributed by atoms with Crippen LogP contribution in [0.15, 0.2) is 0 Å². The molecule has 2 aliphatic heterocycles. The maximum Gasteiger partial charge on any atom is 0.0250 e. The van der Waals surface area contributed by atoms with Crippen LogP contribution in [0.2, 0.25) is 0 Å². The lowest BCUT2D eigenvalue weighted by Gasteiger charge is -2.47. The molecule has 104 valence electrons. The van der Waals surface area contributed by atoms with E-state index in [-0.39, 0.29) is 0 Å². The Morgan fingerprint density at radius 3 is 2.61 bits per heavy atom. The van der Waals surface area contributed by atoms with Gasteiger partial charge in [0.05, 0.1) is 0 Å². The molecule has 0 aromatic heterocycles. The van der Waals surface area contributed by atoms with Crippen molar-refractivity contribution in [3.8, 4) is 0 Å². The summed E-state index contributed by atoms with van der Waals surface area (Å²) < 4.78 is 0. The van der Waals surface area contributed by atoms with E-state index >= 15 is 0 Å². The van der Waals surface area contributed by atoms with E-state index in [2.05, 4.69) is 16.7 Å². The molecule has 0 amide bonds. The van der Waals surface area contributed by atoms with Crippen LogP contribution in [0, 0.1) is 5.92 Å². The summed E-state index contributed by atoms with van der Waals surface area (Å²) in [7, 11) is 0. The molecule has 18 heavy (non-hydrogen) atoms. The molecule has 3 fully saturated rings. The van der Waals surface area contributed by atoms with Gasteiger partial charge in [0.25, 0.3) is 0 Å². The van der Waals surface area contributed by atoms with Crippen molar-refractivity contribution in [2.45, 2.75) is 63.6 Å². The highest BCUT2D eigenvalue weighted by Gasteiger charge is 2.39. The van der Waals surface area contributed by atoms with Gasteiger partial charge in [-0.3, -0.25) is 9.80 Å². The van der Waals surface area contributed by atoms with Crippen LogP contribution in [-0.2, 0) is 0 Å². The number of piperazine rings is 1. The highest BCUT2D eigenvalue weighted by molar-refractivity contribution is 4.95. The minimum atomic E-state index is 0.658. The van der Waals surface area contributed by atoms with Gasteiger partial charge in [-0.15, -0.1) is 0 Å². The molecule has 0 spiro atoms. The van der Waals surface area contributed by atoms with Gasteiger partial charge in [-0.25, -0.2) is 0 Å². The molecular formula is C15H29N3. The van der Waals surface area contributed by atoms with E-state index in [4.69, 9.17) is 5.73 Å². The Kier molecular flexibility index (Phi) is 3.92. The number of fused-ring (bicyclic) bond motifs is 1. The molecule has 3 nitrogen and oxygen atoms in total. The minimum Gasteiger partial charge on any atom is -0.329 e. The lowest BCUT2D eigenvalue weighted by Crippen LogP contribution is -2.60. The Morgan fingerprint density at radius 1 is 1.11 bits per heavy atom. The summed E-state index contributed by atoms with van der Waals surface area (Å²) in [5.41, 5.74) is 6.13. The predicted octanol–water partition coefficient (Wildman–Crippen LogP) is 1.67. The standard InChI is InChI=1S/C15H29N3/c1-12-10-17-8-4-7-14(17)11-18(12)15(9-16)13-5-2-3-6-13/h12-15H,2-11,16H2,1H3. The SMILES string of the molecule is CC1CN2CCCC2CN1C(CN)C1CCCC1. The summed E-state index contributed by atoms with van der Waals surface area (Å²) in [6.45, 7) is 7.15. The summed E-state index contributed by atoms with van der Waals surface area (Å²) in [5, 5.41) is 0. The quantitative estimate of drug-likeness (QED) is 0.828. The van der Waals surface area contributed by atoms with Crippen LogP contribution in [0.25, 0.3) is 0 Å². The number of rotatable bonds is 3. The molecule has 1 aliphatic carbocycles. The van der Waals surface area contributed by atoms with Crippen molar-refractivity contribution in [1.82, 2.24) is 9.80 Å². The third kappa shape index (κ3) is 2.33. The zero-order chi connectivity index (χ0) is 12.5. The molecule has 2 N–H and O–H groups in total. The molecule has 2 heterocycles. The third-order valence-corrected chi connectivity index (χ3v) is 5.60. The number of hydrogen-bond donors (Lipinski definition) is 1. The fraction of sp³-hybridized carbons (Fsp3) is 1.00. The first-order valence-corrected chi connectivity index (χ1v) is 7.99. The summed E-state index contributed by atoms with van der Waals surface area (Å²) in [4.78, 5) is 5.48. The van der Waals surface area contributed by atoms with E-state index < -0.39 is 0 Å². The molecule has 0 bridgehead atoms. The van der Waals surface area contributed by atoms with Gasteiger partial charge in [-0.05, 0) is 45.1 Å². The van der Waals surface area contributed by atoms with E-state index in [1.54, 1.807) is 0 Å². The van der Waals surface area contributed by atoms with Gasteiger partial charge >= 0.3 is 0 Å². The molecule has 3 heteroatoms.